The summed E-state index contributed by atoms with van der Waals surface area (Å²) >= 11 is 1.22. The van der Waals surface area contributed by atoms with E-state index >= 15 is 0 Å². The van der Waals surface area contributed by atoms with Crippen LogP contribution in [0.1, 0.15) is 12.7 Å². The average Bonchev–Trinajstić information content (AvgIpc) is 3.33. The summed E-state index contributed by atoms with van der Waals surface area (Å²) < 4.78 is 7.35. The number of aromatic nitrogens is 3. The second-order valence-corrected chi connectivity index (χ2v) is 6.97. The van der Waals surface area contributed by atoms with Crippen molar-refractivity contribution < 1.29 is 14.0 Å². The van der Waals surface area contributed by atoms with Gasteiger partial charge >= 0.3 is 6.03 Å². The summed E-state index contributed by atoms with van der Waals surface area (Å²) in [6.07, 6.45) is 1.61. The third kappa shape index (κ3) is 4.56. The van der Waals surface area contributed by atoms with Gasteiger partial charge in [-0.15, -0.1) is 10.2 Å². The van der Waals surface area contributed by atoms with E-state index in [9.17, 15) is 9.59 Å². The highest BCUT2D eigenvalue weighted by Gasteiger charge is 2.22. The molecule has 0 radical (unpaired) electrons. The first kappa shape index (κ1) is 18.7. The van der Waals surface area contributed by atoms with Crippen molar-refractivity contribution in [2.75, 3.05) is 7.05 Å². The van der Waals surface area contributed by atoms with E-state index in [1.807, 2.05) is 47.0 Å². The molecule has 0 spiro atoms. The number of amides is 3. The number of carbonyl (C=O) groups excluding carboxylic acids is 2. The van der Waals surface area contributed by atoms with Gasteiger partial charge in [0, 0.05) is 12.6 Å². The molecule has 0 bridgehead atoms. The highest BCUT2D eigenvalue weighted by atomic mass is 32.2. The summed E-state index contributed by atoms with van der Waals surface area (Å²) in [5.74, 6) is 1.01. The summed E-state index contributed by atoms with van der Waals surface area (Å²) in [5.41, 5.74) is 0.908. The summed E-state index contributed by atoms with van der Waals surface area (Å²) in [5, 5.41) is 13.2. The van der Waals surface area contributed by atoms with Crippen LogP contribution in [-0.2, 0) is 11.3 Å². The maximum Gasteiger partial charge on any atom is 0.321 e. The van der Waals surface area contributed by atoms with E-state index in [0.29, 0.717) is 17.5 Å². The van der Waals surface area contributed by atoms with Crippen LogP contribution in [0.5, 0.6) is 0 Å². The molecule has 0 aliphatic carbocycles. The SMILES string of the molecule is CNC(=O)NC(=O)[C@H](C)Sc1nnc(-c2ccccc2)n1Cc1ccco1. The number of furan rings is 1. The number of urea groups is 1. The Morgan fingerprint density at radius 1 is 1.19 bits per heavy atom. The van der Waals surface area contributed by atoms with E-state index in [1.165, 1.54) is 18.8 Å². The van der Waals surface area contributed by atoms with Crippen molar-refractivity contribution in [3.8, 4) is 11.4 Å². The molecule has 0 unspecified atom stereocenters. The third-order valence-electron chi connectivity index (χ3n) is 3.76. The highest BCUT2D eigenvalue weighted by Crippen LogP contribution is 2.27. The maximum absolute atomic E-state index is 12.2. The van der Waals surface area contributed by atoms with Crippen LogP contribution in [0.15, 0.2) is 58.3 Å². The van der Waals surface area contributed by atoms with Gasteiger partial charge in [0.2, 0.25) is 5.91 Å². The van der Waals surface area contributed by atoms with Crippen LogP contribution in [0.3, 0.4) is 0 Å². The quantitative estimate of drug-likeness (QED) is 0.632. The van der Waals surface area contributed by atoms with Crippen molar-refractivity contribution in [2.45, 2.75) is 23.9 Å². The van der Waals surface area contributed by atoms with E-state index in [-0.39, 0.29) is 0 Å². The minimum absolute atomic E-state index is 0.409. The minimum Gasteiger partial charge on any atom is -0.467 e. The minimum atomic E-state index is -0.547. The number of imide groups is 1. The Labute approximate surface area is 160 Å². The molecule has 3 amide bonds. The standard InChI is InChI=1S/C18H19N5O3S/c1-12(16(24)20-17(25)19-2)27-18-22-21-15(13-7-4-3-5-8-13)23(18)11-14-9-6-10-26-14/h3-10,12H,11H2,1-2H3,(H2,19,20,24,25)/t12-/m0/s1. The molecule has 2 N–H and O–H groups in total. The lowest BCUT2D eigenvalue weighted by Crippen LogP contribution is -2.41. The van der Waals surface area contributed by atoms with Gasteiger partial charge in [0.15, 0.2) is 11.0 Å². The molecule has 2 heterocycles. The number of hydrogen-bond donors (Lipinski definition) is 2. The first-order valence-electron chi connectivity index (χ1n) is 8.28. The molecule has 0 fully saturated rings. The van der Waals surface area contributed by atoms with Crippen LogP contribution < -0.4 is 10.6 Å². The monoisotopic (exact) mass is 385 g/mol. The molecule has 2 aromatic heterocycles. The molecule has 140 valence electrons. The Hall–Kier alpha value is -3.07. The third-order valence-corrected chi connectivity index (χ3v) is 4.84. The topological polar surface area (TPSA) is 102 Å². The zero-order chi connectivity index (χ0) is 19.2. The largest absolute Gasteiger partial charge is 0.467 e. The summed E-state index contributed by atoms with van der Waals surface area (Å²) in [4.78, 5) is 23.5. The molecule has 8 nitrogen and oxygen atoms in total. The lowest BCUT2D eigenvalue weighted by Gasteiger charge is -2.12. The molecule has 9 heteroatoms. The normalized spacial score (nSPS) is 11.8. The van der Waals surface area contributed by atoms with Gasteiger partial charge in [-0.25, -0.2) is 4.79 Å². The molecule has 0 aliphatic heterocycles. The van der Waals surface area contributed by atoms with Crippen LogP contribution in [0, 0.1) is 0 Å². The van der Waals surface area contributed by atoms with Gasteiger partial charge in [-0.2, -0.15) is 0 Å². The number of nitrogens with zero attached hydrogens (tertiary/aromatic N) is 3. The summed E-state index contributed by atoms with van der Waals surface area (Å²) in [6.45, 7) is 2.13. The highest BCUT2D eigenvalue weighted by molar-refractivity contribution is 8.00. The fourth-order valence-electron chi connectivity index (χ4n) is 2.37. The maximum atomic E-state index is 12.2. The molecule has 27 heavy (non-hydrogen) atoms. The number of nitrogens with one attached hydrogen (secondary N) is 2. The molecule has 1 aromatic carbocycles. The number of thioether (sulfide) groups is 1. The number of benzene rings is 1. The molecule has 0 saturated heterocycles. The van der Waals surface area contributed by atoms with E-state index < -0.39 is 17.2 Å². The average molecular weight is 385 g/mol. The van der Waals surface area contributed by atoms with Gasteiger partial charge in [0.25, 0.3) is 0 Å². The lowest BCUT2D eigenvalue weighted by molar-refractivity contribution is -0.119. The second kappa shape index (κ2) is 8.54. The van der Waals surface area contributed by atoms with Crippen molar-refractivity contribution >= 4 is 23.7 Å². The Kier molecular flexibility index (Phi) is 5.92. The number of rotatable bonds is 6. The Morgan fingerprint density at radius 3 is 2.63 bits per heavy atom. The van der Waals surface area contributed by atoms with Crippen LogP contribution in [0.25, 0.3) is 11.4 Å². The number of carbonyl (C=O) groups is 2. The van der Waals surface area contributed by atoms with Gasteiger partial charge in [0.1, 0.15) is 5.76 Å². The second-order valence-electron chi connectivity index (χ2n) is 5.67. The van der Waals surface area contributed by atoms with Gasteiger partial charge in [0.05, 0.1) is 18.1 Å². The zero-order valence-corrected chi connectivity index (χ0v) is 15.7. The van der Waals surface area contributed by atoms with Crippen molar-refractivity contribution in [2.24, 2.45) is 0 Å². The molecule has 3 rings (SSSR count). The van der Waals surface area contributed by atoms with Crippen LogP contribution in [0.2, 0.25) is 0 Å². The van der Waals surface area contributed by atoms with Crippen LogP contribution >= 0.6 is 11.8 Å². The zero-order valence-electron chi connectivity index (χ0n) is 14.9. The van der Waals surface area contributed by atoms with E-state index in [4.69, 9.17) is 4.42 Å². The predicted octanol–water partition coefficient (Wildman–Crippen LogP) is 2.52. The Morgan fingerprint density at radius 2 is 1.96 bits per heavy atom. The van der Waals surface area contributed by atoms with Crippen molar-refractivity contribution in [1.29, 1.82) is 0 Å². The van der Waals surface area contributed by atoms with E-state index in [2.05, 4.69) is 20.8 Å². The fourth-order valence-corrected chi connectivity index (χ4v) is 3.21. The molecule has 3 aromatic rings. The van der Waals surface area contributed by atoms with Gasteiger partial charge in [-0.3, -0.25) is 14.7 Å². The van der Waals surface area contributed by atoms with Gasteiger partial charge < -0.3 is 9.73 Å². The van der Waals surface area contributed by atoms with E-state index in [0.717, 1.165) is 11.3 Å². The van der Waals surface area contributed by atoms with E-state index in [1.54, 1.807) is 13.2 Å². The molecular formula is C18H19N5O3S. The molecule has 0 aliphatic rings. The number of hydrogen-bond acceptors (Lipinski definition) is 6. The Balaban J connectivity index is 1.87. The Bertz CT molecular complexity index is 908. The fraction of sp³-hybridized carbons (Fsp3) is 0.222. The van der Waals surface area contributed by atoms with Crippen molar-refractivity contribution in [3.05, 3.63) is 54.5 Å². The summed E-state index contributed by atoms with van der Waals surface area (Å²) in [6, 6.07) is 12.8. The van der Waals surface area contributed by atoms with Gasteiger partial charge in [-0.1, -0.05) is 42.1 Å². The van der Waals surface area contributed by atoms with Gasteiger partial charge in [-0.05, 0) is 19.1 Å². The summed E-state index contributed by atoms with van der Waals surface area (Å²) in [7, 11) is 1.45. The lowest BCUT2D eigenvalue weighted by atomic mass is 10.2. The van der Waals surface area contributed by atoms with Crippen LogP contribution in [-0.4, -0.2) is 39.0 Å². The van der Waals surface area contributed by atoms with Crippen molar-refractivity contribution in [3.63, 3.8) is 0 Å². The molecule has 0 saturated carbocycles. The first-order chi connectivity index (χ1) is 13.1. The molecular weight excluding hydrogens is 366 g/mol. The predicted molar refractivity (Wildman–Crippen MR) is 101 cm³/mol. The first-order valence-corrected chi connectivity index (χ1v) is 9.16. The molecule has 1 atom stereocenters. The van der Waals surface area contributed by atoms with Crippen LogP contribution in [0.4, 0.5) is 4.79 Å². The van der Waals surface area contributed by atoms with Crippen molar-refractivity contribution in [1.82, 2.24) is 25.4 Å². The smallest absolute Gasteiger partial charge is 0.321 e.